The van der Waals surface area contributed by atoms with Gasteiger partial charge in [0.1, 0.15) is 12.4 Å². The number of nitrogens with one attached hydrogen (secondary N) is 1. The van der Waals surface area contributed by atoms with E-state index in [4.69, 9.17) is 47.0 Å². The molecule has 9 aromatic rings. The van der Waals surface area contributed by atoms with E-state index in [1.165, 1.54) is 80.9 Å². The number of carbonyl (C=O) groups is 3. The van der Waals surface area contributed by atoms with E-state index in [0.29, 0.717) is 31.9 Å². The molecule has 0 atom stereocenters. The first-order valence-electron chi connectivity index (χ1n) is 32.6. The minimum Gasteiger partial charge on any atom is -0.489 e. The standard InChI is InChI=1S/C23H19N3S.C22H31N2O10PSi.C18H16NO4P.C9H13NO7S/c27-14-11-17-7-9-18(10-8-17)19-15-22(20-5-1-3-12-24-20)26-23(16-19)21-6-2-4-13-25-21;1-30-36(31-2,32-3)16-10-4-9-15-35(29,33-17-19-11-5-7-13-21(19)23(25)26)34-18-20-12-6-8-14-22(20)24(27)28;20-24(21,22)18-7-1-14(2-8-18)13-23-17-5-3-15(4-6-17)16-9-11-19-12-10-16;11-6-3-4-7(12)9(6)17-18(15,16)5-1-2-8(13)10-14/h1-10,12-13,15-16,27H,11,14H2;5-8,11-14H,4,9-10,15-18H2,1-3H3;1-12H,13H2,(H2,20,21,22);9,14H,1-5H2,(H,10,13). The Morgan fingerprint density at radius 2 is 1.10 bits per heavy atom. The summed E-state index contributed by atoms with van der Waals surface area (Å²) >= 11 is 4.31. The highest BCUT2D eigenvalue weighted by atomic mass is 32.2. The lowest BCUT2D eigenvalue weighted by molar-refractivity contribution is -0.385. The molecule has 4 heterocycles. The Morgan fingerprint density at radius 3 is 1.59 bits per heavy atom. The summed E-state index contributed by atoms with van der Waals surface area (Å²) in [4.78, 5) is 90.5. The van der Waals surface area contributed by atoms with Gasteiger partial charge in [-0.3, -0.25) is 68.1 Å². The average molecular weight is 1530 g/mol. The van der Waals surface area contributed by atoms with Crippen LogP contribution in [0.4, 0.5) is 11.4 Å². The molecule has 0 aliphatic heterocycles. The number of hydrogen-bond acceptors (Lipinski definition) is 24. The van der Waals surface area contributed by atoms with Gasteiger partial charge in [0, 0.05) is 83.6 Å². The van der Waals surface area contributed by atoms with Crippen molar-refractivity contribution in [3.8, 4) is 50.8 Å². The number of thiol groups is 1. The second-order valence-electron chi connectivity index (χ2n) is 23.1. The summed E-state index contributed by atoms with van der Waals surface area (Å²) in [6.45, 7) is -0.285. The number of hydrogen-bond donors (Lipinski definition) is 5. The Balaban J connectivity index is 0.000000201. The third kappa shape index (κ3) is 26.7. The number of rotatable bonds is 33. The Morgan fingerprint density at radius 1 is 0.610 bits per heavy atom. The third-order valence-electron chi connectivity index (χ3n) is 15.8. The molecule has 1 aliphatic rings. The maximum absolute atomic E-state index is 13.6. The monoisotopic (exact) mass is 1530 g/mol. The lowest BCUT2D eigenvalue weighted by Gasteiger charge is -2.24. The molecule has 1 fully saturated rings. The van der Waals surface area contributed by atoms with Gasteiger partial charge < -0.3 is 36.8 Å². The van der Waals surface area contributed by atoms with Crippen molar-refractivity contribution in [3.63, 3.8) is 0 Å². The van der Waals surface area contributed by atoms with E-state index < -0.39 is 73.3 Å². The number of para-hydroxylation sites is 2. The van der Waals surface area contributed by atoms with Gasteiger partial charge in [0.05, 0.1) is 74.2 Å². The molecule has 0 bridgehead atoms. The van der Waals surface area contributed by atoms with Crippen LogP contribution >= 0.6 is 27.8 Å². The fourth-order valence-electron chi connectivity index (χ4n) is 10.2. The van der Waals surface area contributed by atoms with Gasteiger partial charge in [-0.05, 0) is 150 Å². The number of unbranched alkanes of at least 4 members (excludes halogenated alkanes) is 2. The molecule has 1 saturated carbocycles. The molecule has 10 rings (SSSR count). The lowest BCUT2D eigenvalue weighted by Crippen LogP contribution is -2.42. The Labute approximate surface area is 613 Å². The topological polar surface area (TPSA) is 395 Å². The van der Waals surface area contributed by atoms with E-state index in [1.54, 1.807) is 49.1 Å². The van der Waals surface area contributed by atoms with E-state index >= 15 is 0 Å². The molecule has 554 valence electrons. The van der Waals surface area contributed by atoms with Crippen LogP contribution in [0.3, 0.4) is 0 Å². The zero-order chi connectivity index (χ0) is 75.8. The number of ether oxygens (including phenoxy) is 1. The van der Waals surface area contributed by atoms with E-state index in [2.05, 4.69) is 68.2 Å². The SMILES string of the molecule is CO[Si](CCCCCP(=O)(OCc1ccccc1[N+](=O)[O-])OCc1ccccc1[N+](=O)[O-])(OC)OC.O=C(CCCS(=O)(=O)OC1C(=O)CCC1=O)NO.O=P(O)(O)c1ccc(COc2ccc(-c3ccncc3)cc2)cc1.SCCc1ccc(-c2cc(-c3ccccn3)nc(-c3ccccn3)c2)cc1. The fourth-order valence-corrected chi connectivity index (χ4v) is 15.5. The second kappa shape index (κ2) is 41.4. The van der Waals surface area contributed by atoms with Crippen LogP contribution in [-0.4, -0.2) is 125 Å². The van der Waals surface area contributed by atoms with Gasteiger partial charge in [-0.1, -0.05) is 91.3 Å². The van der Waals surface area contributed by atoms with Crippen molar-refractivity contribution in [2.45, 2.75) is 83.3 Å². The van der Waals surface area contributed by atoms with Crippen LogP contribution in [-0.2, 0) is 86.4 Å². The molecule has 0 unspecified atom stereocenters. The minimum absolute atomic E-state index is 0.00736. The fraction of sp³-hybridized carbons (Fsp3) is 0.264. The normalized spacial score (nSPS) is 12.4. The molecule has 0 spiro atoms. The Bertz CT molecular complexity index is 4370. The molecular weight excluding hydrogens is 1450 g/mol. The minimum atomic E-state index is -4.20. The third-order valence-corrected chi connectivity index (χ3v) is 23.1. The summed E-state index contributed by atoms with van der Waals surface area (Å²) in [7, 11) is -10.2. The smallest absolute Gasteiger partial charge is 0.489 e. The van der Waals surface area contributed by atoms with Crippen LogP contribution in [0, 0.1) is 20.2 Å². The molecule has 33 heteroatoms. The number of carbonyl (C=O) groups excluding carboxylic acids is 3. The lowest BCUT2D eigenvalue weighted by atomic mass is 10.0. The van der Waals surface area contributed by atoms with Crippen molar-refractivity contribution in [3.05, 3.63) is 249 Å². The molecule has 28 nitrogen and oxygen atoms in total. The molecule has 4 N–H and O–H groups in total. The van der Waals surface area contributed by atoms with E-state index in [1.807, 2.05) is 72.8 Å². The number of nitrogens with zero attached hydrogens (tertiary/aromatic N) is 6. The highest BCUT2D eigenvalue weighted by molar-refractivity contribution is 7.86. The summed E-state index contributed by atoms with van der Waals surface area (Å²) in [5, 5.41) is 30.8. The molecule has 1 amide bonds. The summed E-state index contributed by atoms with van der Waals surface area (Å²) in [5.41, 5.74) is 11.4. The number of hydroxylamine groups is 1. The van der Waals surface area contributed by atoms with E-state index in [-0.39, 0.29) is 72.9 Å². The van der Waals surface area contributed by atoms with Crippen molar-refractivity contribution in [1.82, 2.24) is 25.4 Å². The summed E-state index contributed by atoms with van der Waals surface area (Å²) in [6.07, 6.45) is 8.01. The van der Waals surface area contributed by atoms with Gasteiger partial charge in [0.2, 0.25) is 5.91 Å². The first-order chi connectivity index (χ1) is 50.4. The van der Waals surface area contributed by atoms with Gasteiger partial charge in [-0.2, -0.15) is 21.0 Å². The molecule has 105 heavy (non-hydrogen) atoms. The molecule has 5 aromatic carbocycles. The highest BCUT2D eigenvalue weighted by Crippen LogP contribution is 2.51. The van der Waals surface area contributed by atoms with E-state index in [9.17, 15) is 52.2 Å². The van der Waals surface area contributed by atoms with Gasteiger partial charge in [0.15, 0.2) is 17.7 Å². The average Bonchev–Trinajstić information content (AvgIpc) is 1.36. The maximum Gasteiger partial charge on any atom is 0.500 e. The second-order valence-corrected chi connectivity index (χ2v) is 32.1. The van der Waals surface area contributed by atoms with Crippen molar-refractivity contribution in [1.29, 1.82) is 0 Å². The van der Waals surface area contributed by atoms with Crippen LogP contribution in [0.15, 0.2) is 207 Å². The zero-order valence-corrected chi connectivity index (χ0v) is 61.9. The number of nitro groups is 2. The van der Waals surface area contributed by atoms with Crippen LogP contribution in [0.1, 0.15) is 67.2 Å². The van der Waals surface area contributed by atoms with Crippen LogP contribution < -0.4 is 15.5 Å². The molecular formula is C72H79N7O21P2S2Si. The molecule has 4 aromatic heterocycles. The number of pyridine rings is 4. The number of amides is 1. The Hall–Kier alpha value is -9.27. The quantitative estimate of drug-likeness (QED) is 0.00293. The van der Waals surface area contributed by atoms with Crippen molar-refractivity contribution in [2.75, 3.05) is 39.0 Å². The van der Waals surface area contributed by atoms with Gasteiger partial charge in [-0.15, -0.1) is 0 Å². The number of Topliss-reactive ketones (excluding diaryl/α,β-unsaturated/α-hetero) is 2. The predicted octanol–water partition coefficient (Wildman–Crippen LogP) is 12.9. The summed E-state index contributed by atoms with van der Waals surface area (Å²) in [6, 6.07) is 54.8. The van der Waals surface area contributed by atoms with E-state index in [0.717, 1.165) is 68.5 Å². The number of benzene rings is 5. The summed E-state index contributed by atoms with van der Waals surface area (Å²) < 4.78 is 85.3. The van der Waals surface area contributed by atoms with Crippen molar-refractivity contribution < 1.29 is 88.0 Å². The zero-order valence-electron chi connectivity index (χ0n) is 57.4. The highest BCUT2D eigenvalue weighted by Gasteiger charge is 2.38. The molecule has 1 aliphatic carbocycles. The van der Waals surface area contributed by atoms with Gasteiger partial charge >= 0.3 is 24.0 Å². The van der Waals surface area contributed by atoms with Crippen molar-refractivity contribution >= 4 is 80.9 Å². The molecule has 0 saturated heterocycles. The number of ketones is 2. The summed E-state index contributed by atoms with van der Waals surface area (Å²) in [5.74, 6) is -0.738. The van der Waals surface area contributed by atoms with Crippen LogP contribution in [0.25, 0.3) is 45.0 Å². The first-order valence-corrected chi connectivity index (χ1v) is 40.1. The van der Waals surface area contributed by atoms with Crippen LogP contribution in [0.5, 0.6) is 5.75 Å². The van der Waals surface area contributed by atoms with Gasteiger partial charge in [-0.25, -0.2) is 10.5 Å². The number of nitro benzene ring substituents is 2. The number of aryl methyl sites for hydroxylation is 1. The Kier molecular flexibility index (Phi) is 32.8. The largest absolute Gasteiger partial charge is 0.500 e. The van der Waals surface area contributed by atoms with Gasteiger partial charge in [0.25, 0.3) is 21.5 Å². The first kappa shape index (κ1) is 83.0. The maximum atomic E-state index is 13.6. The van der Waals surface area contributed by atoms with Crippen molar-refractivity contribution in [2.24, 2.45) is 0 Å². The van der Waals surface area contributed by atoms with Crippen LogP contribution in [0.2, 0.25) is 6.04 Å². The molecule has 0 radical (unpaired) electrons. The predicted molar refractivity (Wildman–Crippen MR) is 397 cm³/mol. The number of aromatic nitrogens is 4.